The van der Waals surface area contributed by atoms with Gasteiger partial charge in [-0.3, -0.25) is 9.59 Å². The minimum atomic E-state index is -0.202. The summed E-state index contributed by atoms with van der Waals surface area (Å²) in [6.45, 7) is 12.5. The third kappa shape index (κ3) is 4.48. The molecule has 0 aromatic carbocycles. The lowest BCUT2D eigenvalue weighted by atomic mass is 9.45. The van der Waals surface area contributed by atoms with Gasteiger partial charge in [0.1, 0.15) is 12.2 Å². The molecule has 0 aromatic rings. The van der Waals surface area contributed by atoms with Crippen molar-refractivity contribution in [1.29, 1.82) is 0 Å². The lowest BCUT2D eigenvalue weighted by Crippen LogP contribution is -2.57. The van der Waals surface area contributed by atoms with Gasteiger partial charge < -0.3 is 19.3 Å². The summed E-state index contributed by atoms with van der Waals surface area (Å²) in [5, 5.41) is 9.50. The van der Waals surface area contributed by atoms with Crippen LogP contribution in [0.1, 0.15) is 92.9 Å². The van der Waals surface area contributed by atoms with E-state index in [0.29, 0.717) is 29.6 Å². The first-order chi connectivity index (χ1) is 17.5. The molecule has 0 bridgehead atoms. The SMILES string of the molecule is CC(=O)O[C@H]1CC[C@@]2(C)[C@@H](CC[C@H]3C4=C[C@@H]5O[C@H](CC[C@@H](C)CO)[C@@H](C)[C@@H]5[C@@]4(C)[C@@H](OC(C)=O)C[C@@H]32)C1. The number of carbonyl (C=O) groups excluding carboxylic acids is 2. The zero-order chi connectivity index (χ0) is 26.7. The van der Waals surface area contributed by atoms with E-state index < -0.39 is 0 Å². The summed E-state index contributed by atoms with van der Waals surface area (Å²) in [4.78, 5) is 24.0. The van der Waals surface area contributed by atoms with Crippen molar-refractivity contribution < 1.29 is 28.9 Å². The molecule has 208 valence electrons. The fourth-order valence-corrected chi connectivity index (χ4v) is 9.67. The van der Waals surface area contributed by atoms with Crippen LogP contribution in [-0.4, -0.2) is 48.1 Å². The lowest BCUT2D eigenvalue weighted by molar-refractivity contribution is -0.171. The maximum absolute atomic E-state index is 12.4. The number of fused-ring (bicyclic) bond motifs is 7. The van der Waals surface area contributed by atoms with Crippen LogP contribution in [0.4, 0.5) is 0 Å². The number of ether oxygens (including phenoxy) is 3. The Bertz CT molecular complexity index is 929. The van der Waals surface area contributed by atoms with Crippen molar-refractivity contribution >= 4 is 11.9 Å². The zero-order valence-corrected chi connectivity index (χ0v) is 23.7. The molecule has 6 heteroatoms. The van der Waals surface area contributed by atoms with E-state index in [1.54, 1.807) is 6.92 Å². The summed E-state index contributed by atoms with van der Waals surface area (Å²) in [5.41, 5.74) is 1.44. The monoisotopic (exact) mass is 516 g/mol. The molecule has 5 rings (SSSR count). The quantitative estimate of drug-likeness (QED) is 0.373. The van der Waals surface area contributed by atoms with Crippen molar-refractivity contribution in [3.63, 3.8) is 0 Å². The van der Waals surface area contributed by atoms with Crippen LogP contribution in [0, 0.1) is 46.3 Å². The topological polar surface area (TPSA) is 82.1 Å². The molecule has 5 aliphatic rings. The van der Waals surface area contributed by atoms with Crippen LogP contribution in [0.25, 0.3) is 0 Å². The summed E-state index contributed by atoms with van der Waals surface area (Å²) in [7, 11) is 0. The van der Waals surface area contributed by atoms with E-state index >= 15 is 0 Å². The van der Waals surface area contributed by atoms with Gasteiger partial charge in [-0.1, -0.05) is 39.3 Å². The van der Waals surface area contributed by atoms with Crippen molar-refractivity contribution in [3.05, 3.63) is 11.6 Å². The largest absolute Gasteiger partial charge is 0.463 e. The molecule has 1 N–H and O–H groups in total. The van der Waals surface area contributed by atoms with E-state index in [2.05, 4.69) is 33.8 Å². The Labute approximate surface area is 222 Å². The third-order valence-electron chi connectivity index (χ3n) is 11.6. The molecule has 0 aromatic heterocycles. The Morgan fingerprint density at radius 1 is 1.14 bits per heavy atom. The van der Waals surface area contributed by atoms with Gasteiger partial charge in [0.2, 0.25) is 0 Å². The van der Waals surface area contributed by atoms with Crippen molar-refractivity contribution in [3.8, 4) is 0 Å². The maximum atomic E-state index is 12.4. The fraction of sp³-hybridized carbons (Fsp3) is 0.871. The fourth-order valence-electron chi connectivity index (χ4n) is 9.67. The Hall–Kier alpha value is -1.40. The van der Waals surface area contributed by atoms with Gasteiger partial charge in [0.15, 0.2) is 0 Å². The van der Waals surface area contributed by atoms with Crippen LogP contribution >= 0.6 is 0 Å². The van der Waals surface area contributed by atoms with Gasteiger partial charge in [-0.15, -0.1) is 0 Å². The Kier molecular flexibility index (Phi) is 7.32. The molecule has 0 amide bonds. The second kappa shape index (κ2) is 9.97. The molecule has 0 unspecified atom stereocenters. The van der Waals surface area contributed by atoms with Crippen LogP contribution in [0.15, 0.2) is 11.6 Å². The Balaban J connectivity index is 1.43. The molecule has 0 spiro atoms. The highest BCUT2D eigenvalue weighted by Gasteiger charge is 2.66. The molecule has 12 atom stereocenters. The summed E-state index contributed by atoms with van der Waals surface area (Å²) in [6, 6.07) is 0. The van der Waals surface area contributed by atoms with E-state index in [4.69, 9.17) is 14.2 Å². The van der Waals surface area contributed by atoms with Gasteiger partial charge in [-0.2, -0.15) is 0 Å². The number of aliphatic hydroxyl groups excluding tert-OH is 1. The second-order valence-corrected chi connectivity index (χ2v) is 13.6. The van der Waals surface area contributed by atoms with Gasteiger partial charge in [-0.25, -0.2) is 0 Å². The van der Waals surface area contributed by atoms with Crippen molar-refractivity contribution in [1.82, 2.24) is 0 Å². The first-order valence-electron chi connectivity index (χ1n) is 14.8. The van der Waals surface area contributed by atoms with Crippen LogP contribution < -0.4 is 0 Å². The number of rotatable bonds is 6. The van der Waals surface area contributed by atoms with E-state index in [0.717, 1.165) is 51.4 Å². The van der Waals surface area contributed by atoms with E-state index in [1.165, 1.54) is 12.5 Å². The maximum Gasteiger partial charge on any atom is 0.302 e. The van der Waals surface area contributed by atoms with E-state index in [-0.39, 0.29) is 59.7 Å². The zero-order valence-electron chi connectivity index (χ0n) is 23.7. The molecule has 4 fully saturated rings. The van der Waals surface area contributed by atoms with E-state index in [9.17, 15) is 14.7 Å². The molecular weight excluding hydrogens is 468 g/mol. The standard InChI is InChI=1S/C31H48O6/c1-17(16-32)7-10-26-18(2)29-27(37-26)14-25-23-9-8-21-13-22(35-19(3)33)11-12-30(21,5)24(23)15-28(31(25,29)6)36-20(4)34/h14,17-18,21-24,26-29,32H,7-13,15-16H2,1-6H3/t17-,18-,21+,22+,23-,24+,26-,27+,28+,29+,30+,31-/m1/s1. The van der Waals surface area contributed by atoms with Gasteiger partial charge in [0, 0.05) is 31.8 Å². The highest BCUT2D eigenvalue weighted by atomic mass is 16.5. The molecular formula is C31H48O6. The van der Waals surface area contributed by atoms with Crippen molar-refractivity contribution in [2.45, 2.75) is 117 Å². The highest BCUT2D eigenvalue weighted by Crippen LogP contribution is 2.68. The molecule has 37 heavy (non-hydrogen) atoms. The first kappa shape index (κ1) is 27.2. The van der Waals surface area contributed by atoms with Crippen LogP contribution in [0.3, 0.4) is 0 Å². The van der Waals surface area contributed by atoms with E-state index in [1.807, 2.05) is 0 Å². The molecule has 6 nitrogen and oxygen atoms in total. The van der Waals surface area contributed by atoms with Gasteiger partial charge >= 0.3 is 11.9 Å². The molecule has 3 saturated carbocycles. The summed E-state index contributed by atoms with van der Waals surface area (Å²) < 4.78 is 18.6. The average molecular weight is 517 g/mol. The number of hydrogen-bond donors (Lipinski definition) is 1. The molecule has 4 aliphatic carbocycles. The number of hydrogen-bond acceptors (Lipinski definition) is 6. The van der Waals surface area contributed by atoms with Gasteiger partial charge in [0.05, 0.1) is 12.2 Å². The van der Waals surface area contributed by atoms with Crippen molar-refractivity contribution in [2.75, 3.05) is 6.61 Å². The van der Waals surface area contributed by atoms with Crippen LogP contribution in [-0.2, 0) is 23.8 Å². The molecule has 1 heterocycles. The number of esters is 2. The van der Waals surface area contributed by atoms with Gasteiger partial charge in [-0.05, 0) is 86.4 Å². The minimum absolute atomic E-state index is 0.0371. The van der Waals surface area contributed by atoms with Gasteiger partial charge in [0.25, 0.3) is 0 Å². The smallest absolute Gasteiger partial charge is 0.302 e. The third-order valence-corrected chi connectivity index (χ3v) is 11.6. The number of carbonyl (C=O) groups is 2. The molecule has 0 radical (unpaired) electrons. The normalized spacial score (nSPS) is 47.1. The molecule has 1 saturated heterocycles. The summed E-state index contributed by atoms with van der Waals surface area (Å²) in [6.07, 6.45) is 10.7. The second-order valence-electron chi connectivity index (χ2n) is 13.6. The average Bonchev–Trinajstić information content (AvgIpc) is 3.31. The predicted octanol–water partition coefficient (Wildman–Crippen LogP) is 5.46. The van der Waals surface area contributed by atoms with Crippen molar-refractivity contribution in [2.24, 2.45) is 46.3 Å². The first-order valence-corrected chi connectivity index (χ1v) is 14.8. The highest BCUT2D eigenvalue weighted by molar-refractivity contribution is 5.66. The lowest BCUT2D eigenvalue weighted by Gasteiger charge is -2.61. The minimum Gasteiger partial charge on any atom is -0.463 e. The Morgan fingerprint density at radius 3 is 2.54 bits per heavy atom. The summed E-state index contributed by atoms with van der Waals surface area (Å²) in [5.74, 6) is 2.09. The summed E-state index contributed by atoms with van der Waals surface area (Å²) >= 11 is 0. The Morgan fingerprint density at radius 2 is 1.86 bits per heavy atom. The predicted molar refractivity (Wildman–Crippen MR) is 140 cm³/mol. The molecule has 1 aliphatic heterocycles. The van der Waals surface area contributed by atoms with Crippen LogP contribution in [0.2, 0.25) is 0 Å². The number of aliphatic hydroxyl groups is 1. The van der Waals surface area contributed by atoms with Crippen LogP contribution in [0.5, 0.6) is 0 Å².